The van der Waals surface area contributed by atoms with Gasteiger partial charge in [0.05, 0.1) is 17.5 Å². The van der Waals surface area contributed by atoms with Crippen LogP contribution in [0.25, 0.3) is 0 Å². The van der Waals surface area contributed by atoms with E-state index < -0.39 is 16.0 Å². The normalized spacial score (nSPS) is 13.4. The van der Waals surface area contributed by atoms with Crippen LogP contribution in [0.5, 0.6) is 5.75 Å². The number of carbonyl (C=O) groups is 1. The number of esters is 1. The molecule has 0 fully saturated rings. The number of anilines is 1. The van der Waals surface area contributed by atoms with Crippen molar-refractivity contribution in [2.75, 3.05) is 30.3 Å². The van der Waals surface area contributed by atoms with Crippen LogP contribution in [0, 0.1) is 0 Å². The first-order valence-corrected chi connectivity index (χ1v) is 10.2. The Hall–Kier alpha value is -2.25. The molecule has 138 valence electrons. The van der Waals surface area contributed by atoms with E-state index in [1.165, 1.54) is 10.6 Å². The van der Waals surface area contributed by atoms with E-state index in [0.29, 0.717) is 35.0 Å². The zero-order valence-electron chi connectivity index (χ0n) is 14.1. The fraction of sp³-hybridized carbons (Fsp3) is 0.278. The summed E-state index contributed by atoms with van der Waals surface area (Å²) >= 11 is 5.87. The molecule has 0 aromatic heterocycles. The van der Waals surface area contributed by atoms with Gasteiger partial charge in [-0.25, -0.2) is 13.2 Å². The van der Waals surface area contributed by atoms with Gasteiger partial charge in [0.15, 0.2) is 0 Å². The summed E-state index contributed by atoms with van der Waals surface area (Å²) in [5, 5.41) is 0.570. The lowest BCUT2D eigenvalue weighted by molar-refractivity contribution is 0.0450. The van der Waals surface area contributed by atoms with E-state index in [9.17, 15) is 13.2 Å². The topological polar surface area (TPSA) is 72.9 Å². The number of hydrogen-bond donors (Lipinski definition) is 0. The Kier molecular flexibility index (Phi) is 5.38. The smallest absolute Gasteiger partial charge is 0.338 e. The second-order valence-corrected chi connectivity index (χ2v) is 8.21. The monoisotopic (exact) mass is 395 g/mol. The molecular weight excluding hydrogens is 378 g/mol. The van der Waals surface area contributed by atoms with Crippen LogP contribution in [0.15, 0.2) is 42.5 Å². The molecule has 0 radical (unpaired) electrons. The molecule has 1 aliphatic rings. The largest absolute Gasteiger partial charge is 0.490 e. The maximum atomic E-state index is 12.2. The summed E-state index contributed by atoms with van der Waals surface area (Å²) in [4.78, 5) is 12.2. The van der Waals surface area contributed by atoms with Gasteiger partial charge in [0.1, 0.15) is 19.0 Å². The van der Waals surface area contributed by atoms with E-state index in [2.05, 4.69) is 0 Å². The maximum absolute atomic E-state index is 12.2. The molecule has 1 aliphatic heterocycles. The zero-order chi connectivity index (χ0) is 18.7. The number of fused-ring (bicyclic) bond motifs is 1. The third-order valence-corrected chi connectivity index (χ3v) is 5.36. The lowest BCUT2D eigenvalue weighted by Crippen LogP contribution is -2.27. The van der Waals surface area contributed by atoms with Crippen molar-refractivity contribution in [3.63, 3.8) is 0 Å². The highest BCUT2D eigenvalue weighted by molar-refractivity contribution is 7.92. The van der Waals surface area contributed by atoms with Crippen molar-refractivity contribution < 1.29 is 22.7 Å². The van der Waals surface area contributed by atoms with E-state index in [4.69, 9.17) is 21.1 Å². The molecule has 26 heavy (non-hydrogen) atoms. The predicted molar refractivity (Wildman–Crippen MR) is 99.6 cm³/mol. The summed E-state index contributed by atoms with van der Waals surface area (Å²) in [5.41, 5.74) is 1.83. The number of ether oxygens (including phenoxy) is 2. The fourth-order valence-corrected chi connectivity index (χ4v) is 3.92. The van der Waals surface area contributed by atoms with Crippen LogP contribution in [0.2, 0.25) is 5.02 Å². The summed E-state index contributed by atoms with van der Waals surface area (Å²) in [6.07, 6.45) is 1.74. The second-order valence-electron chi connectivity index (χ2n) is 5.87. The molecule has 0 bridgehead atoms. The quantitative estimate of drug-likeness (QED) is 0.555. The first kappa shape index (κ1) is 18.5. The fourth-order valence-electron chi connectivity index (χ4n) is 2.78. The first-order valence-electron chi connectivity index (χ1n) is 8.01. The van der Waals surface area contributed by atoms with Crippen molar-refractivity contribution in [3.8, 4) is 5.75 Å². The molecule has 8 heteroatoms. The van der Waals surface area contributed by atoms with Gasteiger partial charge in [0.25, 0.3) is 0 Å². The minimum absolute atomic E-state index is 0.0951. The Morgan fingerprint density at radius 1 is 1.19 bits per heavy atom. The van der Waals surface area contributed by atoms with Gasteiger partial charge in [0.2, 0.25) is 10.0 Å². The average molecular weight is 396 g/mol. The van der Waals surface area contributed by atoms with E-state index in [-0.39, 0.29) is 13.2 Å². The van der Waals surface area contributed by atoms with Crippen molar-refractivity contribution in [1.82, 2.24) is 0 Å². The zero-order valence-corrected chi connectivity index (χ0v) is 15.7. The van der Waals surface area contributed by atoms with Crippen LogP contribution in [-0.4, -0.2) is 40.4 Å². The van der Waals surface area contributed by atoms with Crippen molar-refractivity contribution in [2.24, 2.45) is 0 Å². The molecule has 0 saturated heterocycles. The molecule has 2 aromatic carbocycles. The lowest BCUT2D eigenvalue weighted by atomic mass is 10.1. The molecule has 6 nitrogen and oxygen atoms in total. The van der Waals surface area contributed by atoms with E-state index >= 15 is 0 Å². The molecule has 0 aliphatic carbocycles. The van der Waals surface area contributed by atoms with E-state index in [0.717, 1.165) is 5.56 Å². The Bertz CT molecular complexity index is 929. The molecule has 3 rings (SSSR count). The summed E-state index contributed by atoms with van der Waals surface area (Å²) in [7, 11) is -3.30. The third kappa shape index (κ3) is 4.28. The maximum Gasteiger partial charge on any atom is 0.338 e. The molecule has 0 amide bonds. The van der Waals surface area contributed by atoms with Gasteiger partial charge in [-0.05, 0) is 48.4 Å². The SMILES string of the molecule is CS(=O)(=O)N1CCc2cc(C(=O)OCCOc3cccc(Cl)c3)ccc21. The van der Waals surface area contributed by atoms with Crippen molar-refractivity contribution in [1.29, 1.82) is 0 Å². The molecule has 0 N–H and O–H groups in total. The van der Waals surface area contributed by atoms with Crippen molar-refractivity contribution in [3.05, 3.63) is 58.6 Å². The van der Waals surface area contributed by atoms with E-state index in [1.807, 2.05) is 0 Å². The summed E-state index contributed by atoms with van der Waals surface area (Å²) in [6, 6.07) is 11.9. The van der Waals surface area contributed by atoms with Crippen LogP contribution < -0.4 is 9.04 Å². The van der Waals surface area contributed by atoms with Gasteiger partial charge in [0, 0.05) is 11.6 Å². The summed E-state index contributed by atoms with van der Waals surface area (Å²) in [6.45, 7) is 0.691. The number of carbonyl (C=O) groups excluding carboxylic acids is 1. The first-order chi connectivity index (χ1) is 12.3. The molecule has 0 saturated carbocycles. The van der Waals surface area contributed by atoms with Gasteiger partial charge in [-0.3, -0.25) is 4.31 Å². The molecular formula is C18H18ClNO5S. The predicted octanol–water partition coefficient (Wildman–Crippen LogP) is 2.90. The van der Waals surface area contributed by atoms with Crippen molar-refractivity contribution in [2.45, 2.75) is 6.42 Å². The van der Waals surface area contributed by atoms with Gasteiger partial charge < -0.3 is 9.47 Å². The Labute approximate surface area is 157 Å². The van der Waals surface area contributed by atoms with Gasteiger partial charge in [-0.2, -0.15) is 0 Å². The molecule has 0 atom stereocenters. The van der Waals surface area contributed by atoms with Crippen LogP contribution >= 0.6 is 11.6 Å². The van der Waals surface area contributed by atoms with Crippen LogP contribution in [0.1, 0.15) is 15.9 Å². The summed E-state index contributed by atoms with van der Waals surface area (Å²) < 4.78 is 35.5. The molecule has 0 spiro atoms. The van der Waals surface area contributed by atoms with Crippen LogP contribution in [0.4, 0.5) is 5.69 Å². The van der Waals surface area contributed by atoms with Crippen molar-refractivity contribution >= 4 is 33.3 Å². The number of benzene rings is 2. The van der Waals surface area contributed by atoms with Gasteiger partial charge in [-0.1, -0.05) is 17.7 Å². The molecule has 0 unspecified atom stereocenters. The lowest BCUT2D eigenvalue weighted by Gasteiger charge is -2.16. The minimum atomic E-state index is -3.30. The second kappa shape index (κ2) is 7.55. The molecule has 1 heterocycles. The highest BCUT2D eigenvalue weighted by Crippen LogP contribution is 2.30. The minimum Gasteiger partial charge on any atom is -0.490 e. The van der Waals surface area contributed by atoms with Crippen LogP contribution in [-0.2, 0) is 21.2 Å². The third-order valence-electron chi connectivity index (χ3n) is 3.95. The Morgan fingerprint density at radius 3 is 2.73 bits per heavy atom. The number of rotatable bonds is 6. The highest BCUT2D eigenvalue weighted by atomic mass is 35.5. The molecule has 2 aromatic rings. The Morgan fingerprint density at radius 2 is 2.00 bits per heavy atom. The van der Waals surface area contributed by atoms with E-state index in [1.54, 1.807) is 42.5 Å². The number of sulfonamides is 1. The Balaban J connectivity index is 1.56. The van der Waals surface area contributed by atoms with Gasteiger partial charge in [-0.15, -0.1) is 0 Å². The standard InChI is InChI=1S/C18H18ClNO5S/c1-26(22,23)20-8-7-13-11-14(5-6-17(13)20)18(21)25-10-9-24-16-4-2-3-15(19)12-16/h2-6,11-12H,7-10H2,1H3. The number of hydrogen-bond acceptors (Lipinski definition) is 5. The summed E-state index contributed by atoms with van der Waals surface area (Å²) in [5.74, 6) is 0.132. The van der Waals surface area contributed by atoms with Crippen LogP contribution in [0.3, 0.4) is 0 Å². The highest BCUT2D eigenvalue weighted by Gasteiger charge is 2.26. The average Bonchev–Trinajstić information content (AvgIpc) is 3.02. The van der Waals surface area contributed by atoms with Gasteiger partial charge >= 0.3 is 5.97 Å². The number of halogens is 1. The number of nitrogens with zero attached hydrogens (tertiary/aromatic N) is 1.